The number of fused-ring (bicyclic) bond motifs is 1. The van der Waals surface area contributed by atoms with Gasteiger partial charge in [0.05, 0.1) is 29.5 Å². The van der Waals surface area contributed by atoms with Crippen molar-refractivity contribution in [1.29, 1.82) is 0 Å². The summed E-state index contributed by atoms with van der Waals surface area (Å²) in [5.74, 6) is 1.46. The molecule has 2 aliphatic heterocycles. The molecule has 24 heavy (non-hydrogen) atoms. The van der Waals surface area contributed by atoms with E-state index in [0.717, 1.165) is 11.4 Å². The summed E-state index contributed by atoms with van der Waals surface area (Å²) in [6.07, 6.45) is 0.645. The Morgan fingerprint density at radius 2 is 2.21 bits per heavy atom. The van der Waals surface area contributed by atoms with E-state index in [1.54, 1.807) is 4.90 Å². The molecule has 1 aromatic rings. The Morgan fingerprint density at radius 1 is 1.42 bits per heavy atom. The molecule has 0 radical (unpaired) electrons. The second-order valence-electron chi connectivity index (χ2n) is 6.28. The number of sulfone groups is 1. The van der Waals surface area contributed by atoms with Crippen LogP contribution in [0, 0.1) is 0 Å². The van der Waals surface area contributed by atoms with Gasteiger partial charge in [-0.05, 0) is 18.6 Å². The fourth-order valence-electron chi connectivity index (χ4n) is 2.91. The van der Waals surface area contributed by atoms with Crippen molar-refractivity contribution in [2.75, 3.05) is 54.3 Å². The summed E-state index contributed by atoms with van der Waals surface area (Å²) in [5.41, 5.74) is 1.81. The number of thioether (sulfide) groups is 1. The summed E-state index contributed by atoms with van der Waals surface area (Å²) in [7, 11) is 1.02. The Morgan fingerprint density at radius 3 is 2.88 bits per heavy atom. The van der Waals surface area contributed by atoms with E-state index in [0.29, 0.717) is 31.1 Å². The minimum atomic E-state index is -2.90. The molecule has 0 saturated carbocycles. The standard InChI is InChI=1S/C16H22N2O4S2/c1-17(2)12-3-4-14-15(9-12)22-7-6-18(14)16(19)10-23-13-5-8-24(20,21)11-13/h3-4,9,13H,5-8,10-11H2,1-2H3. The van der Waals surface area contributed by atoms with Gasteiger partial charge in [-0.3, -0.25) is 4.79 Å². The van der Waals surface area contributed by atoms with Crippen LogP contribution in [0.1, 0.15) is 6.42 Å². The molecule has 1 fully saturated rings. The largest absolute Gasteiger partial charge is 0.489 e. The maximum absolute atomic E-state index is 12.6. The number of hydrogen-bond acceptors (Lipinski definition) is 6. The third-order valence-corrected chi connectivity index (χ3v) is 7.52. The first-order chi connectivity index (χ1) is 11.4. The number of hydrogen-bond donors (Lipinski definition) is 0. The molecule has 1 amide bonds. The first-order valence-corrected chi connectivity index (χ1v) is 10.8. The predicted octanol–water partition coefficient (Wildman–Crippen LogP) is 1.40. The van der Waals surface area contributed by atoms with Crippen molar-refractivity contribution >= 4 is 38.9 Å². The van der Waals surface area contributed by atoms with Gasteiger partial charge < -0.3 is 14.5 Å². The van der Waals surface area contributed by atoms with Crippen LogP contribution in [0.4, 0.5) is 11.4 Å². The molecule has 1 aromatic carbocycles. The number of anilines is 2. The Balaban J connectivity index is 1.66. The zero-order valence-electron chi connectivity index (χ0n) is 13.9. The lowest BCUT2D eigenvalue weighted by Gasteiger charge is -2.30. The first kappa shape index (κ1) is 17.4. The minimum Gasteiger partial charge on any atom is -0.489 e. The second kappa shape index (κ2) is 6.84. The smallest absolute Gasteiger partial charge is 0.237 e. The van der Waals surface area contributed by atoms with Crippen LogP contribution < -0.4 is 14.5 Å². The van der Waals surface area contributed by atoms with Crippen molar-refractivity contribution in [1.82, 2.24) is 0 Å². The highest BCUT2D eigenvalue weighted by Gasteiger charge is 2.30. The van der Waals surface area contributed by atoms with Gasteiger partial charge in [0.15, 0.2) is 9.84 Å². The van der Waals surface area contributed by atoms with E-state index in [1.165, 1.54) is 11.8 Å². The number of rotatable bonds is 4. The van der Waals surface area contributed by atoms with E-state index >= 15 is 0 Å². The Labute approximate surface area is 147 Å². The molecule has 0 bridgehead atoms. The molecule has 132 valence electrons. The van der Waals surface area contributed by atoms with Crippen molar-refractivity contribution in [2.45, 2.75) is 11.7 Å². The van der Waals surface area contributed by atoms with Gasteiger partial charge in [-0.25, -0.2) is 8.42 Å². The molecular weight excluding hydrogens is 348 g/mol. The van der Waals surface area contributed by atoms with E-state index in [2.05, 4.69) is 0 Å². The summed E-state index contributed by atoms with van der Waals surface area (Å²) in [6, 6.07) is 5.81. The molecule has 2 heterocycles. The number of carbonyl (C=O) groups excluding carboxylic acids is 1. The highest BCUT2D eigenvalue weighted by atomic mass is 32.2. The molecule has 0 aromatic heterocycles. The van der Waals surface area contributed by atoms with Gasteiger partial charge in [-0.15, -0.1) is 11.8 Å². The number of benzene rings is 1. The van der Waals surface area contributed by atoms with Crippen LogP contribution in [0.25, 0.3) is 0 Å². The van der Waals surface area contributed by atoms with Crippen LogP contribution in [0.3, 0.4) is 0 Å². The van der Waals surface area contributed by atoms with Gasteiger partial charge >= 0.3 is 0 Å². The van der Waals surface area contributed by atoms with Gasteiger partial charge in [-0.2, -0.15) is 0 Å². The molecular formula is C16H22N2O4S2. The Hall–Kier alpha value is -1.41. The number of ether oxygens (including phenoxy) is 1. The minimum absolute atomic E-state index is 0.00597. The molecule has 1 atom stereocenters. The molecule has 1 unspecified atom stereocenters. The van der Waals surface area contributed by atoms with E-state index in [1.807, 2.05) is 37.2 Å². The topological polar surface area (TPSA) is 66.9 Å². The molecule has 1 saturated heterocycles. The Bertz CT molecular complexity index is 734. The van der Waals surface area contributed by atoms with Gasteiger partial charge in [0.25, 0.3) is 0 Å². The summed E-state index contributed by atoms with van der Waals surface area (Å²) < 4.78 is 28.7. The zero-order chi connectivity index (χ0) is 17.3. The normalized spacial score (nSPS) is 21.9. The predicted molar refractivity (Wildman–Crippen MR) is 98.1 cm³/mol. The monoisotopic (exact) mass is 370 g/mol. The van der Waals surface area contributed by atoms with Crippen molar-refractivity contribution < 1.29 is 17.9 Å². The third kappa shape index (κ3) is 3.80. The molecule has 2 aliphatic rings. The number of carbonyl (C=O) groups is 1. The highest BCUT2D eigenvalue weighted by molar-refractivity contribution is 8.02. The fourth-order valence-corrected chi connectivity index (χ4v) is 6.42. The van der Waals surface area contributed by atoms with E-state index < -0.39 is 9.84 Å². The van der Waals surface area contributed by atoms with Crippen molar-refractivity contribution in [3.8, 4) is 5.75 Å². The molecule has 8 heteroatoms. The molecule has 6 nitrogen and oxygen atoms in total. The molecule has 0 N–H and O–H groups in total. The summed E-state index contributed by atoms with van der Waals surface area (Å²) >= 11 is 1.45. The van der Waals surface area contributed by atoms with E-state index in [4.69, 9.17) is 4.74 Å². The molecule has 3 rings (SSSR count). The second-order valence-corrected chi connectivity index (χ2v) is 9.79. The van der Waals surface area contributed by atoms with Gasteiger partial charge in [0.2, 0.25) is 5.91 Å². The molecule has 0 aliphatic carbocycles. The number of nitrogens with zero attached hydrogens (tertiary/aromatic N) is 2. The molecule has 0 spiro atoms. The first-order valence-electron chi connectivity index (χ1n) is 7.92. The summed E-state index contributed by atoms with van der Waals surface area (Å²) in [4.78, 5) is 16.3. The summed E-state index contributed by atoms with van der Waals surface area (Å²) in [5, 5.41) is 0.0376. The quantitative estimate of drug-likeness (QED) is 0.798. The SMILES string of the molecule is CN(C)c1ccc2c(c1)OCCN2C(=O)CSC1CCS(=O)(=O)C1. The summed E-state index contributed by atoms with van der Waals surface area (Å²) in [6.45, 7) is 0.995. The lowest BCUT2D eigenvalue weighted by Crippen LogP contribution is -2.39. The van der Waals surface area contributed by atoms with Crippen LogP contribution >= 0.6 is 11.8 Å². The lowest BCUT2D eigenvalue weighted by atomic mass is 10.2. The van der Waals surface area contributed by atoms with E-state index in [-0.39, 0.29) is 22.7 Å². The van der Waals surface area contributed by atoms with Crippen LogP contribution in [0.5, 0.6) is 5.75 Å². The van der Waals surface area contributed by atoms with Crippen molar-refractivity contribution in [3.05, 3.63) is 18.2 Å². The van der Waals surface area contributed by atoms with Gasteiger partial charge in [0, 0.05) is 31.1 Å². The Kier molecular flexibility index (Phi) is 4.96. The van der Waals surface area contributed by atoms with Crippen LogP contribution in [0.2, 0.25) is 0 Å². The van der Waals surface area contributed by atoms with Crippen LogP contribution in [-0.4, -0.2) is 64.1 Å². The highest BCUT2D eigenvalue weighted by Crippen LogP contribution is 2.35. The third-order valence-electron chi connectivity index (χ3n) is 4.26. The lowest BCUT2D eigenvalue weighted by molar-refractivity contribution is -0.116. The zero-order valence-corrected chi connectivity index (χ0v) is 15.5. The van der Waals surface area contributed by atoms with Crippen molar-refractivity contribution in [2.24, 2.45) is 0 Å². The van der Waals surface area contributed by atoms with E-state index in [9.17, 15) is 13.2 Å². The maximum atomic E-state index is 12.6. The average Bonchev–Trinajstić information content (AvgIpc) is 2.90. The maximum Gasteiger partial charge on any atom is 0.237 e. The van der Waals surface area contributed by atoms with Crippen LogP contribution in [-0.2, 0) is 14.6 Å². The van der Waals surface area contributed by atoms with Crippen molar-refractivity contribution in [3.63, 3.8) is 0 Å². The van der Waals surface area contributed by atoms with Gasteiger partial charge in [-0.1, -0.05) is 0 Å². The fraction of sp³-hybridized carbons (Fsp3) is 0.562. The number of amides is 1. The van der Waals surface area contributed by atoms with Crippen LogP contribution in [0.15, 0.2) is 18.2 Å². The van der Waals surface area contributed by atoms with Gasteiger partial charge in [0.1, 0.15) is 12.4 Å². The average molecular weight is 370 g/mol.